The van der Waals surface area contributed by atoms with Crippen LogP contribution >= 0.6 is 11.8 Å². The van der Waals surface area contributed by atoms with Crippen LogP contribution in [0.2, 0.25) is 0 Å². The molecule has 0 unspecified atom stereocenters. The molecule has 4 rings (SSSR count). The molecule has 4 aromatic rings. The van der Waals surface area contributed by atoms with Crippen molar-refractivity contribution in [1.29, 1.82) is 0 Å². The number of nitrogens with one attached hydrogen (secondary N) is 2. The van der Waals surface area contributed by atoms with Crippen LogP contribution in [-0.4, -0.2) is 38.4 Å². The number of aromatic nitrogens is 4. The highest BCUT2D eigenvalue weighted by Gasteiger charge is 2.12. The summed E-state index contributed by atoms with van der Waals surface area (Å²) in [7, 11) is 0. The molecule has 160 valence electrons. The van der Waals surface area contributed by atoms with Crippen LogP contribution in [0.4, 0.5) is 14.5 Å². The van der Waals surface area contributed by atoms with E-state index in [-0.39, 0.29) is 22.6 Å². The van der Waals surface area contributed by atoms with Crippen LogP contribution in [0.15, 0.2) is 58.2 Å². The quantitative estimate of drug-likeness (QED) is 0.374. The number of H-pyrrole nitrogens is 1. The molecule has 0 atom stereocenters. The Balaban J connectivity index is 1.25. The van der Waals surface area contributed by atoms with Crippen molar-refractivity contribution in [3.63, 3.8) is 0 Å². The van der Waals surface area contributed by atoms with E-state index >= 15 is 0 Å². The first-order chi connectivity index (χ1) is 15.0. The van der Waals surface area contributed by atoms with Crippen LogP contribution in [0.3, 0.4) is 0 Å². The highest BCUT2D eigenvalue weighted by Crippen LogP contribution is 2.21. The molecule has 0 aliphatic carbocycles. The van der Waals surface area contributed by atoms with E-state index < -0.39 is 6.61 Å². The van der Waals surface area contributed by atoms with Gasteiger partial charge in [0.2, 0.25) is 11.8 Å². The van der Waals surface area contributed by atoms with Crippen molar-refractivity contribution in [3.8, 4) is 5.75 Å². The second kappa shape index (κ2) is 9.56. The van der Waals surface area contributed by atoms with Gasteiger partial charge in [-0.2, -0.15) is 8.78 Å². The van der Waals surface area contributed by atoms with Gasteiger partial charge >= 0.3 is 6.61 Å². The van der Waals surface area contributed by atoms with E-state index in [0.717, 1.165) is 28.6 Å². The topological polar surface area (TPSA) is 106 Å². The smallest absolute Gasteiger partial charge is 0.387 e. The van der Waals surface area contributed by atoms with E-state index in [0.29, 0.717) is 24.4 Å². The number of hydrogen-bond donors (Lipinski definition) is 2. The van der Waals surface area contributed by atoms with Crippen molar-refractivity contribution < 1.29 is 22.7 Å². The fourth-order valence-corrected chi connectivity index (χ4v) is 3.40. The second-order valence-corrected chi connectivity index (χ2v) is 7.33. The number of aryl methyl sites for hydroxylation is 2. The first-order valence-electron chi connectivity index (χ1n) is 9.29. The minimum Gasteiger partial charge on any atom is -0.435 e. The Hall–Kier alpha value is -3.47. The summed E-state index contributed by atoms with van der Waals surface area (Å²) in [6.07, 6.45) is 1.12. The van der Waals surface area contributed by atoms with E-state index in [9.17, 15) is 13.6 Å². The number of imidazole rings is 1. The number of ether oxygens (including phenoxy) is 1. The Morgan fingerprint density at radius 2 is 2.03 bits per heavy atom. The Kier molecular flexibility index (Phi) is 6.41. The van der Waals surface area contributed by atoms with Crippen LogP contribution in [0.25, 0.3) is 11.0 Å². The maximum Gasteiger partial charge on any atom is 0.387 e. The number of nitrogens with zero attached hydrogens (tertiary/aromatic N) is 3. The number of carbonyl (C=O) groups is 1. The van der Waals surface area contributed by atoms with Crippen LogP contribution in [-0.2, 0) is 17.6 Å². The SMILES string of the molecule is O=C(CSc1nnc(CCc2nc3ccccc3[nH]2)o1)Nc1cccc(OC(F)F)c1. The molecule has 2 heterocycles. The van der Waals surface area contributed by atoms with Gasteiger partial charge in [0.1, 0.15) is 11.6 Å². The van der Waals surface area contributed by atoms with Crippen molar-refractivity contribution in [2.45, 2.75) is 24.7 Å². The summed E-state index contributed by atoms with van der Waals surface area (Å²) >= 11 is 1.08. The first-order valence-corrected chi connectivity index (χ1v) is 10.3. The zero-order chi connectivity index (χ0) is 21.6. The van der Waals surface area contributed by atoms with Gasteiger partial charge in [-0.05, 0) is 24.3 Å². The van der Waals surface area contributed by atoms with Gasteiger partial charge in [-0.3, -0.25) is 4.79 Å². The van der Waals surface area contributed by atoms with Gasteiger partial charge < -0.3 is 19.5 Å². The zero-order valence-electron chi connectivity index (χ0n) is 16.0. The molecule has 0 aliphatic rings. The highest BCUT2D eigenvalue weighted by atomic mass is 32.2. The summed E-state index contributed by atoms with van der Waals surface area (Å²) in [5, 5.41) is 10.8. The molecule has 0 radical (unpaired) electrons. The van der Waals surface area contributed by atoms with E-state index in [4.69, 9.17) is 4.42 Å². The maximum absolute atomic E-state index is 12.3. The molecule has 2 aromatic carbocycles. The summed E-state index contributed by atoms with van der Waals surface area (Å²) in [5.41, 5.74) is 2.22. The number of fused-ring (bicyclic) bond motifs is 1. The van der Waals surface area contributed by atoms with E-state index in [1.165, 1.54) is 18.2 Å². The lowest BCUT2D eigenvalue weighted by molar-refractivity contribution is -0.113. The number of thioether (sulfide) groups is 1. The summed E-state index contributed by atoms with van der Waals surface area (Å²) in [6, 6.07) is 13.5. The Morgan fingerprint density at radius 1 is 1.16 bits per heavy atom. The number of rotatable bonds is 9. The normalized spacial score (nSPS) is 11.2. The van der Waals surface area contributed by atoms with Crippen molar-refractivity contribution in [1.82, 2.24) is 20.2 Å². The van der Waals surface area contributed by atoms with E-state index in [1.54, 1.807) is 6.07 Å². The second-order valence-electron chi connectivity index (χ2n) is 6.41. The van der Waals surface area contributed by atoms with Crippen molar-refractivity contribution >= 4 is 34.4 Å². The summed E-state index contributed by atoms with van der Waals surface area (Å²) in [6.45, 7) is -2.93. The van der Waals surface area contributed by atoms with Crippen LogP contribution in [0, 0.1) is 0 Å². The average Bonchev–Trinajstić information content (AvgIpc) is 3.37. The Bertz CT molecular complexity index is 1150. The molecular formula is C20H17F2N5O3S. The monoisotopic (exact) mass is 445 g/mol. The van der Waals surface area contributed by atoms with E-state index in [2.05, 4.69) is 30.2 Å². The third-order valence-electron chi connectivity index (χ3n) is 4.13. The predicted molar refractivity (Wildman–Crippen MR) is 110 cm³/mol. The third-order valence-corrected chi connectivity index (χ3v) is 4.95. The highest BCUT2D eigenvalue weighted by molar-refractivity contribution is 7.99. The number of carbonyl (C=O) groups excluding carboxylic acids is 1. The summed E-state index contributed by atoms with van der Waals surface area (Å²) in [5.74, 6) is 0.907. The van der Waals surface area contributed by atoms with Gasteiger partial charge in [-0.15, -0.1) is 10.2 Å². The molecule has 0 spiro atoms. The average molecular weight is 445 g/mol. The molecule has 31 heavy (non-hydrogen) atoms. The number of hydrogen-bond acceptors (Lipinski definition) is 7. The minimum absolute atomic E-state index is 0.0190. The molecule has 1 amide bonds. The third kappa shape index (κ3) is 5.79. The standard InChI is InChI=1S/C20H17F2N5O3S/c21-19(22)29-13-5-3-4-12(10-13)23-17(28)11-31-20-27-26-18(30-20)9-8-16-24-14-6-1-2-7-15(14)25-16/h1-7,10,19H,8-9,11H2,(H,23,28)(H,24,25). The number of halogens is 2. The number of amides is 1. The lowest BCUT2D eigenvalue weighted by atomic mass is 10.3. The molecule has 0 bridgehead atoms. The lowest BCUT2D eigenvalue weighted by Gasteiger charge is -2.07. The van der Waals surface area contributed by atoms with Gasteiger partial charge in [0.15, 0.2) is 0 Å². The minimum atomic E-state index is -2.93. The molecule has 0 aliphatic heterocycles. The molecule has 0 saturated heterocycles. The van der Waals surface area contributed by atoms with Gasteiger partial charge in [0.25, 0.3) is 5.22 Å². The Morgan fingerprint density at radius 3 is 2.87 bits per heavy atom. The van der Waals surface area contributed by atoms with Crippen molar-refractivity contribution in [2.75, 3.05) is 11.1 Å². The van der Waals surface area contributed by atoms with E-state index in [1.807, 2.05) is 24.3 Å². The summed E-state index contributed by atoms with van der Waals surface area (Å²) < 4.78 is 34.4. The van der Waals surface area contributed by atoms with Crippen LogP contribution < -0.4 is 10.1 Å². The first kappa shape index (κ1) is 20.8. The number of alkyl halides is 2. The van der Waals surface area contributed by atoms with Gasteiger partial charge in [0.05, 0.1) is 16.8 Å². The van der Waals surface area contributed by atoms with Crippen molar-refractivity contribution in [3.05, 3.63) is 60.2 Å². The lowest BCUT2D eigenvalue weighted by Crippen LogP contribution is -2.14. The molecule has 0 saturated carbocycles. The number of aromatic amines is 1. The molecular weight excluding hydrogens is 428 g/mol. The number of para-hydroxylation sites is 2. The molecule has 2 aromatic heterocycles. The van der Waals surface area contributed by atoms with Crippen LogP contribution in [0.5, 0.6) is 5.75 Å². The molecule has 8 nitrogen and oxygen atoms in total. The van der Waals surface area contributed by atoms with Crippen molar-refractivity contribution in [2.24, 2.45) is 0 Å². The maximum atomic E-state index is 12.3. The largest absolute Gasteiger partial charge is 0.435 e. The fraction of sp³-hybridized carbons (Fsp3) is 0.200. The Labute approximate surface area is 179 Å². The summed E-state index contributed by atoms with van der Waals surface area (Å²) in [4.78, 5) is 19.8. The molecule has 0 fully saturated rings. The van der Waals surface area contributed by atoms with Crippen LogP contribution in [0.1, 0.15) is 11.7 Å². The van der Waals surface area contributed by atoms with Gasteiger partial charge in [-0.1, -0.05) is 30.0 Å². The van der Waals surface area contributed by atoms with Gasteiger partial charge in [0, 0.05) is 24.6 Å². The molecule has 11 heteroatoms. The molecule has 2 N–H and O–H groups in total. The number of anilines is 1. The van der Waals surface area contributed by atoms with Gasteiger partial charge in [-0.25, -0.2) is 4.98 Å². The zero-order valence-corrected chi connectivity index (χ0v) is 16.9. The predicted octanol–water partition coefficient (Wildman–Crippen LogP) is 4.06. The number of benzene rings is 2. The fourth-order valence-electron chi connectivity index (χ4n) is 2.82.